The number of amides is 3. The van der Waals surface area contributed by atoms with Gasteiger partial charge in [-0.3, -0.25) is 19.3 Å². The Morgan fingerprint density at radius 2 is 1.96 bits per heavy atom. The van der Waals surface area contributed by atoms with Crippen molar-refractivity contribution in [2.24, 2.45) is 0 Å². The summed E-state index contributed by atoms with van der Waals surface area (Å²) in [5, 5.41) is 11.7. The van der Waals surface area contributed by atoms with Crippen LogP contribution in [0.4, 0.5) is 14.9 Å². The first kappa shape index (κ1) is 19.4. The number of rotatable bonds is 5. The number of hydrogen-bond acceptors (Lipinski definition) is 6. The lowest BCUT2D eigenvalue weighted by molar-refractivity contribution is -0.127. The van der Waals surface area contributed by atoms with Gasteiger partial charge < -0.3 is 15.2 Å². The maximum atomic E-state index is 12.9. The molecule has 0 spiro atoms. The summed E-state index contributed by atoms with van der Waals surface area (Å²) in [5.74, 6) is -1.47. The largest absolute Gasteiger partial charge is 0.504 e. The van der Waals surface area contributed by atoms with Crippen molar-refractivity contribution in [1.29, 1.82) is 0 Å². The number of imide groups is 1. The molecular weight excluding hydrogens is 387 g/mol. The highest BCUT2D eigenvalue weighted by Crippen LogP contribution is 2.34. The fourth-order valence-electron chi connectivity index (χ4n) is 2.46. The summed E-state index contributed by atoms with van der Waals surface area (Å²) in [6, 6.07) is 9.66. The number of benzene rings is 2. The van der Waals surface area contributed by atoms with Gasteiger partial charge in [-0.2, -0.15) is 0 Å². The van der Waals surface area contributed by atoms with Gasteiger partial charge in [-0.05, 0) is 59.8 Å². The van der Waals surface area contributed by atoms with E-state index in [0.29, 0.717) is 23.0 Å². The third kappa shape index (κ3) is 4.32. The molecule has 0 bridgehead atoms. The molecular formula is C19H15FN2O5S. The Kier molecular flexibility index (Phi) is 5.65. The van der Waals surface area contributed by atoms with Gasteiger partial charge in [0.1, 0.15) is 12.4 Å². The molecule has 0 saturated carbocycles. The fourth-order valence-corrected chi connectivity index (χ4v) is 3.30. The average Bonchev–Trinajstić information content (AvgIpc) is 2.91. The van der Waals surface area contributed by atoms with Crippen LogP contribution in [0.15, 0.2) is 47.4 Å². The van der Waals surface area contributed by atoms with Crippen molar-refractivity contribution in [3.8, 4) is 11.5 Å². The highest BCUT2D eigenvalue weighted by Gasteiger charge is 2.36. The van der Waals surface area contributed by atoms with Crippen LogP contribution in [-0.4, -0.2) is 40.7 Å². The molecule has 1 saturated heterocycles. The van der Waals surface area contributed by atoms with Gasteiger partial charge in [0.25, 0.3) is 11.1 Å². The predicted molar refractivity (Wildman–Crippen MR) is 102 cm³/mol. The highest BCUT2D eigenvalue weighted by atomic mass is 32.2. The topological polar surface area (TPSA) is 95.9 Å². The Hall–Kier alpha value is -3.33. The molecule has 3 rings (SSSR count). The van der Waals surface area contributed by atoms with Gasteiger partial charge in [0, 0.05) is 5.69 Å². The van der Waals surface area contributed by atoms with Crippen LogP contribution in [0.25, 0.3) is 6.08 Å². The number of anilines is 1. The van der Waals surface area contributed by atoms with Crippen LogP contribution in [-0.2, 0) is 9.59 Å². The molecule has 0 radical (unpaired) electrons. The predicted octanol–water partition coefficient (Wildman–Crippen LogP) is 3.21. The van der Waals surface area contributed by atoms with E-state index in [2.05, 4.69) is 5.32 Å². The molecule has 0 unspecified atom stereocenters. The van der Waals surface area contributed by atoms with Crippen LogP contribution in [0.2, 0.25) is 0 Å². The maximum Gasteiger partial charge on any atom is 0.294 e. The minimum atomic E-state index is -0.612. The lowest BCUT2D eigenvalue weighted by Crippen LogP contribution is -2.36. The quantitative estimate of drug-likeness (QED) is 0.746. The normalized spacial score (nSPS) is 15.2. The number of methoxy groups -OCH3 is 1. The first-order valence-corrected chi connectivity index (χ1v) is 8.87. The summed E-state index contributed by atoms with van der Waals surface area (Å²) < 4.78 is 17.9. The zero-order valence-electron chi connectivity index (χ0n) is 14.6. The molecule has 1 fully saturated rings. The Morgan fingerprint density at radius 1 is 1.25 bits per heavy atom. The molecule has 2 aromatic rings. The van der Waals surface area contributed by atoms with Crippen LogP contribution in [0.1, 0.15) is 5.56 Å². The number of nitrogens with one attached hydrogen (secondary N) is 1. The van der Waals surface area contributed by atoms with E-state index in [1.165, 1.54) is 49.6 Å². The molecule has 9 heteroatoms. The number of thioether (sulfide) groups is 1. The van der Waals surface area contributed by atoms with E-state index in [0.717, 1.165) is 4.90 Å². The van der Waals surface area contributed by atoms with Crippen LogP contribution in [0.5, 0.6) is 11.5 Å². The number of phenols is 1. The second-order valence-corrected chi connectivity index (χ2v) is 6.75. The van der Waals surface area contributed by atoms with Gasteiger partial charge in [0.2, 0.25) is 5.91 Å². The first-order valence-electron chi connectivity index (χ1n) is 8.05. The number of aromatic hydroxyl groups is 1. The molecule has 0 aromatic heterocycles. The summed E-state index contributed by atoms with van der Waals surface area (Å²) in [4.78, 5) is 37.6. The van der Waals surface area contributed by atoms with Gasteiger partial charge in [0.15, 0.2) is 11.5 Å². The van der Waals surface area contributed by atoms with Crippen molar-refractivity contribution in [2.45, 2.75) is 0 Å². The summed E-state index contributed by atoms with van der Waals surface area (Å²) in [6.45, 7) is -0.465. The van der Waals surface area contributed by atoms with Crippen molar-refractivity contribution in [1.82, 2.24) is 4.90 Å². The van der Waals surface area contributed by atoms with Gasteiger partial charge in [-0.25, -0.2) is 4.39 Å². The Morgan fingerprint density at radius 3 is 2.61 bits per heavy atom. The number of phenolic OH excluding ortho intramolecular Hbond substituents is 1. The van der Waals surface area contributed by atoms with Gasteiger partial charge in [0.05, 0.1) is 12.0 Å². The molecule has 1 aliphatic heterocycles. The molecule has 144 valence electrons. The lowest BCUT2D eigenvalue weighted by atomic mass is 10.2. The van der Waals surface area contributed by atoms with Crippen molar-refractivity contribution < 1.29 is 28.6 Å². The number of ether oxygens (including phenoxy) is 1. The van der Waals surface area contributed by atoms with Gasteiger partial charge in [-0.15, -0.1) is 0 Å². The van der Waals surface area contributed by atoms with E-state index in [1.54, 1.807) is 6.07 Å². The zero-order valence-corrected chi connectivity index (χ0v) is 15.5. The smallest absolute Gasteiger partial charge is 0.294 e. The standard InChI is InChI=1S/C19H15FN2O5S/c1-27-15-7-2-11(8-14(15)23)9-16-18(25)22(19(26)28-16)10-17(24)21-13-5-3-12(20)4-6-13/h2-9,23H,10H2,1H3,(H,21,24)/b16-9+. The molecule has 1 aliphatic rings. The monoisotopic (exact) mass is 402 g/mol. The van der Waals surface area contributed by atoms with E-state index in [1.807, 2.05) is 0 Å². The van der Waals surface area contributed by atoms with E-state index in [4.69, 9.17) is 4.74 Å². The molecule has 7 nitrogen and oxygen atoms in total. The minimum Gasteiger partial charge on any atom is -0.504 e. The third-order valence-electron chi connectivity index (χ3n) is 3.80. The molecule has 3 amide bonds. The summed E-state index contributed by atoms with van der Waals surface area (Å²) >= 11 is 0.699. The molecule has 2 N–H and O–H groups in total. The SMILES string of the molecule is COc1ccc(/C=C2/SC(=O)N(CC(=O)Nc3ccc(F)cc3)C2=O)cc1O. The number of carbonyl (C=O) groups is 3. The third-order valence-corrected chi connectivity index (χ3v) is 4.71. The number of hydrogen-bond donors (Lipinski definition) is 2. The Bertz CT molecular complexity index is 975. The number of carbonyl (C=O) groups excluding carboxylic acids is 3. The minimum absolute atomic E-state index is 0.103. The summed E-state index contributed by atoms with van der Waals surface area (Å²) in [6.07, 6.45) is 1.45. The molecule has 0 aliphatic carbocycles. The molecule has 2 aromatic carbocycles. The Labute approximate surface area is 163 Å². The van der Waals surface area contributed by atoms with Crippen molar-refractivity contribution in [3.05, 3.63) is 58.8 Å². The van der Waals surface area contributed by atoms with Crippen molar-refractivity contribution in [3.63, 3.8) is 0 Å². The Balaban J connectivity index is 1.69. The van der Waals surface area contributed by atoms with Crippen LogP contribution in [0, 0.1) is 5.82 Å². The average molecular weight is 402 g/mol. The van der Waals surface area contributed by atoms with Crippen LogP contribution >= 0.6 is 11.8 Å². The van der Waals surface area contributed by atoms with E-state index >= 15 is 0 Å². The molecule has 1 heterocycles. The lowest BCUT2D eigenvalue weighted by Gasteiger charge is -2.12. The number of halogens is 1. The van der Waals surface area contributed by atoms with E-state index in [9.17, 15) is 23.9 Å². The van der Waals surface area contributed by atoms with Crippen LogP contribution < -0.4 is 10.1 Å². The highest BCUT2D eigenvalue weighted by molar-refractivity contribution is 8.18. The van der Waals surface area contributed by atoms with E-state index < -0.39 is 29.4 Å². The van der Waals surface area contributed by atoms with E-state index in [-0.39, 0.29) is 16.4 Å². The molecule has 28 heavy (non-hydrogen) atoms. The molecule has 0 atom stereocenters. The first-order chi connectivity index (χ1) is 13.4. The summed E-state index contributed by atoms with van der Waals surface area (Å²) in [7, 11) is 1.41. The van der Waals surface area contributed by atoms with Crippen molar-refractivity contribution in [2.75, 3.05) is 19.0 Å². The second-order valence-electron chi connectivity index (χ2n) is 5.75. The maximum absolute atomic E-state index is 12.9. The summed E-state index contributed by atoms with van der Waals surface area (Å²) in [5.41, 5.74) is 0.849. The zero-order chi connectivity index (χ0) is 20.3. The fraction of sp³-hybridized carbons (Fsp3) is 0.105. The van der Waals surface area contributed by atoms with Gasteiger partial charge in [-0.1, -0.05) is 6.07 Å². The number of nitrogens with zero attached hydrogens (tertiary/aromatic N) is 1. The van der Waals surface area contributed by atoms with Crippen LogP contribution in [0.3, 0.4) is 0 Å². The van der Waals surface area contributed by atoms with Gasteiger partial charge >= 0.3 is 0 Å². The van der Waals surface area contributed by atoms with Crippen molar-refractivity contribution >= 4 is 40.6 Å². The second kappa shape index (κ2) is 8.13.